The molecule has 2 aromatic rings. The van der Waals surface area contributed by atoms with Crippen molar-refractivity contribution in [3.63, 3.8) is 0 Å². The Morgan fingerprint density at radius 2 is 1.24 bits per heavy atom. The van der Waals surface area contributed by atoms with Crippen molar-refractivity contribution >= 4 is 29.7 Å². The standard InChI is InChI=1S/C21H20O6.C4H8O2/c1-26-20-11-14(5-9-18(20)24)3-7-16(22)13-17(23)8-4-15-6-10-19(25)21(12-15)27-2;1-2-3-4(5)6/h3-12,24-25H,13H2,1-2H3;2-3H2,1H3,(H,5,6)/b7-3+,8-4+;. The number of rotatable bonds is 10. The van der Waals surface area contributed by atoms with E-state index in [0.717, 1.165) is 6.42 Å². The third-order valence-corrected chi connectivity index (χ3v) is 4.14. The summed E-state index contributed by atoms with van der Waals surface area (Å²) >= 11 is 0. The zero-order chi connectivity index (χ0) is 24.8. The van der Waals surface area contributed by atoms with Crippen molar-refractivity contribution in [1.82, 2.24) is 0 Å². The van der Waals surface area contributed by atoms with Gasteiger partial charge in [0.25, 0.3) is 0 Å². The molecule has 2 aromatic carbocycles. The largest absolute Gasteiger partial charge is 0.504 e. The van der Waals surface area contributed by atoms with Crippen LogP contribution in [0, 0.1) is 0 Å². The number of methoxy groups -OCH3 is 2. The molecule has 0 saturated carbocycles. The first-order valence-electron chi connectivity index (χ1n) is 10.1. The molecular formula is C25H28O8. The Morgan fingerprint density at radius 3 is 1.55 bits per heavy atom. The molecule has 0 heterocycles. The molecule has 3 N–H and O–H groups in total. The molecule has 0 bridgehead atoms. The maximum atomic E-state index is 11.9. The molecule has 0 aromatic heterocycles. The average Bonchev–Trinajstić information content (AvgIpc) is 2.78. The topological polar surface area (TPSA) is 130 Å². The Morgan fingerprint density at radius 1 is 0.818 bits per heavy atom. The number of allylic oxidation sites excluding steroid dienone is 2. The summed E-state index contributed by atoms with van der Waals surface area (Å²) < 4.78 is 10.00. The summed E-state index contributed by atoms with van der Waals surface area (Å²) in [7, 11) is 2.87. The molecule has 0 amide bonds. The van der Waals surface area contributed by atoms with Gasteiger partial charge in [-0.2, -0.15) is 0 Å². The van der Waals surface area contributed by atoms with Crippen molar-refractivity contribution < 1.29 is 39.2 Å². The number of carboxylic acid groups (broad SMARTS) is 1. The lowest BCUT2D eigenvalue weighted by Crippen LogP contribution is -2.01. The van der Waals surface area contributed by atoms with Crippen molar-refractivity contribution in [2.45, 2.75) is 26.2 Å². The molecule has 8 heteroatoms. The summed E-state index contributed by atoms with van der Waals surface area (Å²) in [6.07, 6.45) is 6.47. The van der Waals surface area contributed by atoms with Crippen LogP contribution >= 0.6 is 0 Å². The predicted molar refractivity (Wildman–Crippen MR) is 125 cm³/mol. The van der Waals surface area contributed by atoms with E-state index in [4.69, 9.17) is 14.6 Å². The lowest BCUT2D eigenvalue weighted by atomic mass is 10.1. The van der Waals surface area contributed by atoms with E-state index in [9.17, 15) is 24.6 Å². The molecule has 0 spiro atoms. The zero-order valence-corrected chi connectivity index (χ0v) is 18.8. The highest BCUT2D eigenvalue weighted by atomic mass is 16.5. The number of aromatic hydroxyl groups is 2. The summed E-state index contributed by atoms with van der Waals surface area (Å²) in [5.41, 5.74) is 1.33. The highest BCUT2D eigenvalue weighted by Gasteiger charge is 2.06. The second-order valence-corrected chi connectivity index (χ2v) is 6.78. The molecule has 0 aliphatic heterocycles. The van der Waals surface area contributed by atoms with Crippen LogP contribution in [0.3, 0.4) is 0 Å². The van der Waals surface area contributed by atoms with E-state index in [0.29, 0.717) is 29.0 Å². The second kappa shape index (κ2) is 14.1. The SMILES string of the molecule is CCCC(=O)O.COc1cc(/C=C/C(=O)CC(=O)/C=C/c2ccc(O)c(OC)c2)ccc1O. The Balaban J connectivity index is 0.000000801. The fourth-order valence-electron chi connectivity index (χ4n) is 2.48. The van der Waals surface area contributed by atoms with Crippen molar-refractivity contribution in [1.29, 1.82) is 0 Å². The van der Waals surface area contributed by atoms with Gasteiger partial charge in [0.15, 0.2) is 34.6 Å². The molecule has 2 rings (SSSR count). The number of ether oxygens (including phenoxy) is 2. The van der Waals surface area contributed by atoms with Crippen LogP contribution in [-0.2, 0) is 14.4 Å². The second-order valence-electron chi connectivity index (χ2n) is 6.78. The maximum Gasteiger partial charge on any atom is 0.303 e. The van der Waals surface area contributed by atoms with Crippen LogP contribution in [0.25, 0.3) is 12.2 Å². The zero-order valence-electron chi connectivity index (χ0n) is 18.8. The van der Waals surface area contributed by atoms with E-state index in [1.54, 1.807) is 36.4 Å². The average molecular weight is 456 g/mol. The number of carboxylic acids is 1. The van der Waals surface area contributed by atoms with Gasteiger partial charge in [0.1, 0.15) is 0 Å². The third-order valence-electron chi connectivity index (χ3n) is 4.14. The van der Waals surface area contributed by atoms with Gasteiger partial charge in [0.05, 0.1) is 20.6 Å². The van der Waals surface area contributed by atoms with Gasteiger partial charge in [-0.1, -0.05) is 31.2 Å². The third kappa shape index (κ3) is 10.2. The highest BCUT2D eigenvalue weighted by molar-refractivity contribution is 6.10. The molecule has 8 nitrogen and oxygen atoms in total. The monoisotopic (exact) mass is 456 g/mol. The molecule has 0 fully saturated rings. The van der Waals surface area contributed by atoms with Crippen molar-refractivity contribution in [2.75, 3.05) is 14.2 Å². The smallest absolute Gasteiger partial charge is 0.303 e. The molecule has 0 unspecified atom stereocenters. The van der Waals surface area contributed by atoms with E-state index in [-0.39, 0.29) is 29.5 Å². The lowest BCUT2D eigenvalue weighted by molar-refractivity contribution is -0.137. The Hall–Kier alpha value is -4.07. The van der Waals surface area contributed by atoms with Gasteiger partial charge in [-0.3, -0.25) is 14.4 Å². The number of phenolic OH excluding ortho intramolecular Hbond substituents is 2. The fourth-order valence-corrected chi connectivity index (χ4v) is 2.48. The van der Waals surface area contributed by atoms with Crippen LogP contribution in [-0.4, -0.2) is 47.1 Å². The number of phenols is 2. The number of carbonyl (C=O) groups is 3. The Kier molecular flexibility index (Phi) is 11.5. The normalized spacial score (nSPS) is 10.5. The molecule has 33 heavy (non-hydrogen) atoms. The van der Waals surface area contributed by atoms with Gasteiger partial charge in [-0.15, -0.1) is 0 Å². The first-order chi connectivity index (χ1) is 15.7. The molecule has 0 aliphatic carbocycles. The summed E-state index contributed by atoms with van der Waals surface area (Å²) in [6, 6.07) is 9.34. The van der Waals surface area contributed by atoms with Crippen molar-refractivity contribution in [3.8, 4) is 23.0 Å². The first-order valence-corrected chi connectivity index (χ1v) is 10.1. The van der Waals surface area contributed by atoms with Crippen molar-refractivity contribution in [2.24, 2.45) is 0 Å². The minimum Gasteiger partial charge on any atom is -0.504 e. The van der Waals surface area contributed by atoms with Crippen LogP contribution in [0.5, 0.6) is 23.0 Å². The van der Waals surface area contributed by atoms with Crippen molar-refractivity contribution in [3.05, 3.63) is 59.7 Å². The van der Waals surface area contributed by atoms with Gasteiger partial charge in [-0.25, -0.2) is 0 Å². The van der Waals surface area contributed by atoms with E-state index in [1.807, 2.05) is 6.92 Å². The van der Waals surface area contributed by atoms with Crippen LogP contribution < -0.4 is 9.47 Å². The Labute approximate surface area is 192 Å². The molecular weight excluding hydrogens is 428 g/mol. The van der Waals surface area contributed by atoms with Crippen LogP contribution in [0.1, 0.15) is 37.3 Å². The summed E-state index contributed by atoms with van der Waals surface area (Å²) in [6.45, 7) is 1.84. The van der Waals surface area contributed by atoms with Crippen LogP contribution in [0.2, 0.25) is 0 Å². The summed E-state index contributed by atoms with van der Waals surface area (Å²) in [5.74, 6) is -0.794. The van der Waals surface area contributed by atoms with E-state index >= 15 is 0 Å². The first kappa shape index (κ1) is 27.0. The van der Waals surface area contributed by atoms with E-state index in [1.165, 1.54) is 38.5 Å². The predicted octanol–water partition coefficient (Wildman–Crippen LogP) is 4.24. The van der Waals surface area contributed by atoms with Gasteiger partial charge < -0.3 is 24.8 Å². The molecule has 0 saturated heterocycles. The molecule has 176 valence electrons. The van der Waals surface area contributed by atoms with E-state index < -0.39 is 5.97 Å². The minimum atomic E-state index is -0.711. The minimum absolute atomic E-state index is 0.00662. The Bertz CT molecular complexity index is 948. The quantitative estimate of drug-likeness (QED) is 0.357. The molecule has 0 radical (unpaired) electrons. The van der Waals surface area contributed by atoms with Crippen LogP contribution in [0.4, 0.5) is 0 Å². The van der Waals surface area contributed by atoms with Gasteiger partial charge in [0, 0.05) is 6.42 Å². The van der Waals surface area contributed by atoms with Crippen LogP contribution in [0.15, 0.2) is 48.6 Å². The number of ketones is 2. The van der Waals surface area contributed by atoms with Gasteiger partial charge >= 0.3 is 5.97 Å². The lowest BCUT2D eigenvalue weighted by Gasteiger charge is -2.03. The number of benzene rings is 2. The highest BCUT2D eigenvalue weighted by Crippen LogP contribution is 2.27. The number of aliphatic carboxylic acids is 1. The van der Waals surface area contributed by atoms with Gasteiger partial charge in [0.2, 0.25) is 0 Å². The maximum absolute atomic E-state index is 11.9. The van der Waals surface area contributed by atoms with Gasteiger partial charge in [-0.05, 0) is 54.0 Å². The molecule has 0 aliphatic rings. The number of hydrogen-bond acceptors (Lipinski definition) is 7. The fraction of sp³-hybridized carbons (Fsp3) is 0.240. The summed E-state index contributed by atoms with van der Waals surface area (Å²) in [4.78, 5) is 33.5. The number of hydrogen-bond donors (Lipinski definition) is 3. The number of carbonyl (C=O) groups excluding carboxylic acids is 2. The summed E-state index contributed by atoms with van der Waals surface area (Å²) in [5, 5.41) is 27.0. The molecule has 0 atom stereocenters. The van der Waals surface area contributed by atoms with E-state index in [2.05, 4.69) is 0 Å².